The third-order valence-electron chi connectivity index (χ3n) is 6.05. The fourth-order valence-electron chi connectivity index (χ4n) is 4.35. The van der Waals surface area contributed by atoms with Crippen molar-refractivity contribution < 1.29 is 13.2 Å². The van der Waals surface area contributed by atoms with E-state index in [2.05, 4.69) is 11.0 Å². The number of halogens is 3. The molecule has 162 valence electrons. The molecule has 1 aliphatic heterocycles. The molecule has 5 rings (SSSR count). The van der Waals surface area contributed by atoms with Gasteiger partial charge in [-0.2, -0.15) is 18.4 Å². The summed E-state index contributed by atoms with van der Waals surface area (Å²) in [7, 11) is 0. The van der Waals surface area contributed by atoms with Gasteiger partial charge < -0.3 is 10.6 Å². The molecule has 1 saturated heterocycles. The fraction of sp³-hybridized carbons (Fsp3) is 0.250. The highest BCUT2D eigenvalue weighted by Crippen LogP contribution is 2.36. The SMILES string of the molecule is N#Cc1c(-c2ccc(C(F)(F)F)cc2)cc(N2CCC(N)CC2)n2c1nc1ccccc12. The number of hydrogen-bond donors (Lipinski definition) is 1. The van der Waals surface area contributed by atoms with Crippen LogP contribution in [0.4, 0.5) is 19.0 Å². The van der Waals surface area contributed by atoms with Crippen molar-refractivity contribution in [2.24, 2.45) is 5.73 Å². The monoisotopic (exact) mass is 435 g/mol. The molecule has 1 fully saturated rings. The molecule has 4 aromatic rings. The molecule has 8 heteroatoms. The Balaban J connectivity index is 1.77. The third-order valence-corrected chi connectivity index (χ3v) is 6.05. The lowest BCUT2D eigenvalue weighted by atomic mass is 9.99. The van der Waals surface area contributed by atoms with Gasteiger partial charge in [-0.15, -0.1) is 0 Å². The summed E-state index contributed by atoms with van der Waals surface area (Å²) in [6, 6.07) is 16.8. The van der Waals surface area contributed by atoms with Gasteiger partial charge in [0.05, 0.1) is 16.6 Å². The average Bonchev–Trinajstić information content (AvgIpc) is 3.18. The number of anilines is 1. The van der Waals surface area contributed by atoms with Gasteiger partial charge in [-0.25, -0.2) is 4.98 Å². The van der Waals surface area contributed by atoms with Gasteiger partial charge in [-0.1, -0.05) is 24.3 Å². The Labute approximate surface area is 182 Å². The Morgan fingerprint density at radius 3 is 2.38 bits per heavy atom. The number of aromatic nitrogens is 2. The molecule has 0 bridgehead atoms. The van der Waals surface area contributed by atoms with Crippen LogP contribution in [0, 0.1) is 11.3 Å². The van der Waals surface area contributed by atoms with Crippen molar-refractivity contribution in [1.29, 1.82) is 5.26 Å². The Morgan fingerprint density at radius 1 is 1.03 bits per heavy atom. The van der Waals surface area contributed by atoms with Crippen LogP contribution in [0.1, 0.15) is 24.0 Å². The number of alkyl halides is 3. The van der Waals surface area contributed by atoms with E-state index in [1.165, 1.54) is 12.1 Å². The van der Waals surface area contributed by atoms with Crippen LogP contribution in [0.3, 0.4) is 0 Å². The summed E-state index contributed by atoms with van der Waals surface area (Å²) in [5, 5.41) is 10.0. The molecule has 2 aromatic carbocycles. The number of imidazole rings is 1. The molecule has 0 atom stereocenters. The van der Waals surface area contributed by atoms with Crippen molar-refractivity contribution in [1.82, 2.24) is 9.38 Å². The van der Waals surface area contributed by atoms with E-state index in [4.69, 9.17) is 10.7 Å². The normalized spacial score (nSPS) is 15.4. The lowest BCUT2D eigenvalue weighted by Crippen LogP contribution is -2.40. The summed E-state index contributed by atoms with van der Waals surface area (Å²) in [5.74, 6) is 0.856. The number of pyridine rings is 1. The molecular weight excluding hydrogens is 415 g/mol. The summed E-state index contributed by atoms with van der Waals surface area (Å²) < 4.78 is 41.1. The molecule has 32 heavy (non-hydrogen) atoms. The molecule has 0 spiro atoms. The summed E-state index contributed by atoms with van der Waals surface area (Å²) in [4.78, 5) is 6.92. The van der Waals surface area contributed by atoms with Crippen LogP contribution < -0.4 is 10.6 Å². The smallest absolute Gasteiger partial charge is 0.358 e. The van der Waals surface area contributed by atoms with E-state index in [1.807, 2.05) is 34.7 Å². The van der Waals surface area contributed by atoms with E-state index in [0.717, 1.165) is 54.9 Å². The first-order valence-corrected chi connectivity index (χ1v) is 10.4. The van der Waals surface area contributed by atoms with Crippen molar-refractivity contribution in [3.05, 3.63) is 65.7 Å². The minimum Gasteiger partial charge on any atom is -0.358 e. The zero-order chi connectivity index (χ0) is 22.5. The first-order chi connectivity index (χ1) is 15.4. The molecule has 0 amide bonds. The summed E-state index contributed by atoms with van der Waals surface area (Å²) >= 11 is 0. The predicted molar refractivity (Wildman–Crippen MR) is 117 cm³/mol. The van der Waals surface area contributed by atoms with E-state index < -0.39 is 11.7 Å². The van der Waals surface area contributed by atoms with Crippen molar-refractivity contribution in [2.45, 2.75) is 25.1 Å². The maximum Gasteiger partial charge on any atom is 0.416 e. The highest BCUT2D eigenvalue weighted by Gasteiger charge is 2.30. The largest absolute Gasteiger partial charge is 0.416 e. The highest BCUT2D eigenvalue weighted by atomic mass is 19.4. The summed E-state index contributed by atoms with van der Waals surface area (Å²) in [6.07, 6.45) is -2.74. The van der Waals surface area contributed by atoms with Gasteiger partial charge in [0.25, 0.3) is 0 Å². The van der Waals surface area contributed by atoms with Gasteiger partial charge in [-0.3, -0.25) is 4.40 Å². The van der Waals surface area contributed by atoms with Gasteiger partial charge in [0.2, 0.25) is 0 Å². The van der Waals surface area contributed by atoms with Crippen LogP contribution in [0.15, 0.2) is 54.6 Å². The first kappa shape index (κ1) is 20.3. The van der Waals surface area contributed by atoms with Gasteiger partial charge >= 0.3 is 6.18 Å². The number of para-hydroxylation sites is 2. The average molecular weight is 435 g/mol. The summed E-state index contributed by atoms with van der Waals surface area (Å²) in [5.41, 5.74) is 8.93. The van der Waals surface area contributed by atoms with Crippen LogP contribution in [0.25, 0.3) is 27.8 Å². The predicted octanol–water partition coefficient (Wildman–Crippen LogP) is 4.97. The molecule has 2 N–H and O–H groups in total. The number of benzene rings is 2. The Morgan fingerprint density at radius 2 is 1.72 bits per heavy atom. The first-order valence-electron chi connectivity index (χ1n) is 10.4. The number of hydrogen-bond acceptors (Lipinski definition) is 4. The maximum absolute atomic E-state index is 13.0. The molecule has 0 radical (unpaired) electrons. The standard InChI is InChI=1S/C24H20F3N5/c25-24(26,27)16-7-5-15(6-8-16)18-13-22(31-11-9-17(29)10-12-31)32-21-4-2-1-3-20(21)30-23(32)19(18)14-28/h1-8,13,17H,9-12,29H2. The van der Waals surface area contributed by atoms with Crippen molar-refractivity contribution in [2.75, 3.05) is 18.0 Å². The van der Waals surface area contributed by atoms with Crippen LogP contribution in [-0.4, -0.2) is 28.5 Å². The number of nitriles is 1. The molecule has 1 aliphatic rings. The minimum absolute atomic E-state index is 0.147. The van der Waals surface area contributed by atoms with Crippen LogP contribution in [0.2, 0.25) is 0 Å². The molecular formula is C24H20F3N5. The van der Waals surface area contributed by atoms with Gasteiger partial charge in [0, 0.05) is 24.7 Å². The van der Waals surface area contributed by atoms with Crippen LogP contribution in [0.5, 0.6) is 0 Å². The van der Waals surface area contributed by atoms with E-state index >= 15 is 0 Å². The Kier molecular flexibility index (Phi) is 4.79. The van der Waals surface area contributed by atoms with E-state index in [0.29, 0.717) is 22.3 Å². The topological polar surface area (TPSA) is 70.3 Å². The van der Waals surface area contributed by atoms with Crippen LogP contribution >= 0.6 is 0 Å². The number of nitrogens with two attached hydrogens (primary N) is 1. The van der Waals surface area contributed by atoms with E-state index in [9.17, 15) is 18.4 Å². The highest BCUT2D eigenvalue weighted by molar-refractivity contribution is 5.89. The Bertz CT molecular complexity index is 1340. The minimum atomic E-state index is -4.42. The van der Waals surface area contributed by atoms with E-state index in [1.54, 1.807) is 0 Å². The number of piperidine rings is 1. The zero-order valence-electron chi connectivity index (χ0n) is 17.1. The number of rotatable bonds is 2. The zero-order valence-corrected chi connectivity index (χ0v) is 17.1. The number of fused-ring (bicyclic) bond motifs is 3. The quantitative estimate of drug-likeness (QED) is 0.483. The molecule has 0 unspecified atom stereocenters. The lowest BCUT2D eigenvalue weighted by Gasteiger charge is -2.33. The van der Waals surface area contributed by atoms with Crippen molar-refractivity contribution in [3.8, 4) is 17.2 Å². The van der Waals surface area contributed by atoms with Crippen molar-refractivity contribution >= 4 is 22.5 Å². The second kappa shape index (κ2) is 7.53. The lowest BCUT2D eigenvalue weighted by molar-refractivity contribution is -0.137. The second-order valence-corrected chi connectivity index (χ2v) is 8.06. The van der Waals surface area contributed by atoms with Gasteiger partial charge in [-0.05, 0) is 48.7 Å². The molecule has 3 heterocycles. The van der Waals surface area contributed by atoms with Crippen molar-refractivity contribution in [3.63, 3.8) is 0 Å². The fourth-order valence-corrected chi connectivity index (χ4v) is 4.35. The second-order valence-electron chi connectivity index (χ2n) is 8.06. The molecule has 0 saturated carbocycles. The molecule has 5 nitrogen and oxygen atoms in total. The van der Waals surface area contributed by atoms with Gasteiger partial charge in [0.15, 0.2) is 5.65 Å². The summed E-state index contributed by atoms with van der Waals surface area (Å²) in [6.45, 7) is 1.50. The maximum atomic E-state index is 13.0. The number of nitrogens with zero attached hydrogens (tertiary/aromatic N) is 4. The van der Waals surface area contributed by atoms with E-state index in [-0.39, 0.29) is 6.04 Å². The molecule has 2 aromatic heterocycles. The van der Waals surface area contributed by atoms with Crippen LogP contribution in [-0.2, 0) is 6.18 Å². The third kappa shape index (κ3) is 3.35. The van der Waals surface area contributed by atoms with Gasteiger partial charge in [0.1, 0.15) is 17.5 Å². The molecule has 0 aliphatic carbocycles. The Hall–Kier alpha value is -3.57.